The van der Waals surface area contributed by atoms with Crippen molar-refractivity contribution < 1.29 is 14.3 Å². The molecule has 0 saturated heterocycles. The van der Waals surface area contributed by atoms with Crippen LogP contribution in [0.3, 0.4) is 0 Å². The molecule has 0 aliphatic carbocycles. The second kappa shape index (κ2) is 5.76. The molecule has 0 amide bonds. The van der Waals surface area contributed by atoms with Gasteiger partial charge in [0.15, 0.2) is 0 Å². The summed E-state index contributed by atoms with van der Waals surface area (Å²) >= 11 is 0. The zero-order valence-electron chi connectivity index (χ0n) is 8.90. The number of aromatic hydroxyl groups is 1. The third-order valence-electron chi connectivity index (χ3n) is 2.02. The first kappa shape index (κ1) is 12.1. The van der Waals surface area contributed by atoms with Crippen LogP contribution in [0, 0.1) is 25.1 Å². The molecular formula is C12H12FNO2. The van der Waals surface area contributed by atoms with Crippen molar-refractivity contribution in [1.82, 2.24) is 0 Å². The number of benzene rings is 1. The fourth-order valence-corrected chi connectivity index (χ4v) is 1.10. The van der Waals surface area contributed by atoms with Gasteiger partial charge in [-0.2, -0.15) is 0 Å². The number of halogens is 1. The van der Waals surface area contributed by atoms with E-state index in [0.717, 1.165) is 0 Å². The molecule has 0 bridgehead atoms. The zero-order chi connectivity index (χ0) is 12.0. The lowest BCUT2D eigenvalue weighted by Gasteiger charge is -2.03. The third kappa shape index (κ3) is 2.99. The Hall–Kier alpha value is -2.02. The maximum atomic E-state index is 13.1. The van der Waals surface area contributed by atoms with Gasteiger partial charge in [-0.05, 0) is 24.6 Å². The molecule has 0 radical (unpaired) electrons. The molecule has 0 spiro atoms. The Morgan fingerprint density at radius 1 is 1.62 bits per heavy atom. The van der Waals surface area contributed by atoms with E-state index in [2.05, 4.69) is 11.1 Å². The minimum Gasteiger partial charge on any atom is -0.507 e. The quantitative estimate of drug-likeness (QED) is 0.366. The molecule has 0 aliphatic heterocycles. The van der Waals surface area contributed by atoms with E-state index in [1.807, 2.05) is 0 Å². The van der Waals surface area contributed by atoms with Crippen molar-refractivity contribution in [1.29, 1.82) is 0 Å². The number of rotatable bonds is 4. The number of hydrogen-bond donors (Lipinski definition) is 1. The van der Waals surface area contributed by atoms with Gasteiger partial charge in [-0.1, -0.05) is 5.16 Å². The van der Waals surface area contributed by atoms with Gasteiger partial charge in [0.2, 0.25) is 0 Å². The van der Waals surface area contributed by atoms with Crippen LogP contribution in [0.25, 0.3) is 0 Å². The number of phenolic OH excluding ortho intramolecular Hbond substituents is 1. The van der Waals surface area contributed by atoms with Crippen LogP contribution in [-0.4, -0.2) is 17.9 Å². The molecule has 0 atom stereocenters. The summed E-state index contributed by atoms with van der Waals surface area (Å²) in [5, 5.41) is 13.1. The standard InChI is InChI=1S/C12H12FNO2/c1-3-4-7-16-14-8-10-9(2)11(13)5-6-12(10)15/h1,5-6,8,15H,4,7H2,2H3/b14-8+. The molecule has 0 unspecified atom stereocenters. The van der Waals surface area contributed by atoms with E-state index >= 15 is 0 Å². The predicted octanol–water partition coefficient (Wildman–Crippen LogP) is 2.21. The molecule has 84 valence electrons. The van der Waals surface area contributed by atoms with Crippen molar-refractivity contribution in [2.45, 2.75) is 13.3 Å². The van der Waals surface area contributed by atoms with Gasteiger partial charge in [0.25, 0.3) is 0 Å². The van der Waals surface area contributed by atoms with E-state index in [0.29, 0.717) is 24.2 Å². The Morgan fingerprint density at radius 2 is 2.38 bits per heavy atom. The normalized spacial score (nSPS) is 10.3. The highest BCUT2D eigenvalue weighted by molar-refractivity contribution is 5.85. The zero-order valence-corrected chi connectivity index (χ0v) is 8.90. The van der Waals surface area contributed by atoms with Gasteiger partial charge in [-0.3, -0.25) is 0 Å². The molecule has 16 heavy (non-hydrogen) atoms. The summed E-state index contributed by atoms with van der Waals surface area (Å²) in [6.45, 7) is 1.85. The van der Waals surface area contributed by atoms with Gasteiger partial charge in [-0.15, -0.1) is 12.3 Å². The summed E-state index contributed by atoms with van der Waals surface area (Å²) in [6, 6.07) is 2.46. The number of terminal acetylenes is 1. The highest BCUT2D eigenvalue weighted by atomic mass is 19.1. The van der Waals surface area contributed by atoms with Gasteiger partial charge in [0.05, 0.1) is 6.21 Å². The minimum absolute atomic E-state index is 0.0387. The first-order valence-electron chi connectivity index (χ1n) is 4.73. The molecule has 0 saturated carbocycles. The van der Waals surface area contributed by atoms with Crippen molar-refractivity contribution in [3.8, 4) is 18.1 Å². The van der Waals surface area contributed by atoms with E-state index in [-0.39, 0.29) is 5.75 Å². The summed E-state index contributed by atoms with van der Waals surface area (Å²) in [7, 11) is 0. The van der Waals surface area contributed by atoms with Crippen molar-refractivity contribution in [2.24, 2.45) is 5.16 Å². The van der Waals surface area contributed by atoms with E-state index in [1.165, 1.54) is 18.3 Å². The van der Waals surface area contributed by atoms with Crippen LogP contribution in [0.2, 0.25) is 0 Å². The van der Waals surface area contributed by atoms with Crippen LogP contribution < -0.4 is 0 Å². The minimum atomic E-state index is -0.400. The lowest BCUT2D eigenvalue weighted by Crippen LogP contribution is -1.94. The molecule has 0 heterocycles. The lowest BCUT2D eigenvalue weighted by atomic mass is 10.1. The molecule has 4 heteroatoms. The Morgan fingerprint density at radius 3 is 3.06 bits per heavy atom. The van der Waals surface area contributed by atoms with Crippen LogP contribution >= 0.6 is 0 Å². The maximum absolute atomic E-state index is 13.1. The van der Waals surface area contributed by atoms with Gasteiger partial charge in [0.1, 0.15) is 18.2 Å². The number of phenols is 1. The first-order valence-corrected chi connectivity index (χ1v) is 4.73. The van der Waals surface area contributed by atoms with E-state index in [1.54, 1.807) is 6.92 Å². The van der Waals surface area contributed by atoms with Crippen LogP contribution in [0.4, 0.5) is 4.39 Å². The summed E-state index contributed by atoms with van der Waals surface area (Å²) in [5.41, 5.74) is 0.630. The van der Waals surface area contributed by atoms with Crippen molar-refractivity contribution in [2.75, 3.05) is 6.61 Å². The monoisotopic (exact) mass is 221 g/mol. The van der Waals surface area contributed by atoms with Gasteiger partial charge >= 0.3 is 0 Å². The summed E-state index contributed by atoms with van der Waals surface area (Å²) in [4.78, 5) is 4.82. The molecule has 1 N–H and O–H groups in total. The average molecular weight is 221 g/mol. The molecule has 0 aliphatic rings. The average Bonchev–Trinajstić information content (AvgIpc) is 2.28. The Balaban J connectivity index is 2.73. The van der Waals surface area contributed by atoms with E-state index in [4.69, 9.17) is 11.3 Å². The third-order valence-corrected chi connectivity index (χ3v) is 2.02. The second-order valence-corrected chi connectivity index (χ2v) is 3.13. The van der Waals surface area contributed by atoms with E-state index < -0.39 is 5.82 Å². The summed E-state index contributed by atoms with van der Waals surface area (Å²) in [5.74, 6) is 1.95. The lowest BCUT2D eigenvalue weighted by molar-refractivity contribution is 0.152. The maximum Gasteiger partial charge on any atom is 0.128 e. The molecule has 0 fully saturated rings. The Kier molecular flexibility index (Phi) is 4.34. The molecule has 1 rings (SSSR count). The molecule has 0 aromatic heterocycles. The Bertz CT molecular complexity index is 435. The van der Waals surface area contributed by atoms with Crippen molar-refractivity contribution in [3.63, 3.8) is 0 Å². The fraction of sp³-hybridized carbons (Fsp3) is 0.250. The molecule has 1 aromatic carbocycles. The highest BCUT2D eigenvalue weighted by Crippen LogP contribution is 2.21. The predicted molar refractivity (Wildman–Crippen MR) is 59.8 cm³/mol. The fourth-order valence-electron chi connectivity index (χ4n) is 1.10. The number of hydrogen-bond acceptors (Lipinski definition) is 3. The topological polar surface area (TPSA) is 41.8 Å². The summed E-state index contributed by atoms with van der Waals surface area (Å²) in [6.07, 6.45) is 6.74. The van der Waals surface area contributed by atoms with Gasteiger partial charge < -0.3 is 9.94 Å². The SMILES string of the molecule is C#CCCO/N=C/c1c(O)ccc(F)c1C. The summed E-state index contributed by atoms with van der Waals surface area (Å²) < 4.78 is 13.1. The van der Waals surface area contributed by atoms with Crippen LogP contribution in [0.1, 0.15) is 17.5 Å². The van der Waals surface area contributed by atoms with Gasteiger partial charge in [-0.25, -0.2) is 4.39 Å². The highest BCUT2D eigenvalue weighted by Gasteiger charge is 2.06. The van der Waals surface area contributed by atoms with Crippen LogP contribution in [0.15, 0.2) is 17.3 Å². The Labute approximate surface area is 93.5 Å². The number of nitrogens with zero attached hydrogens (tertiary/aromatic N) is 1. The molecular weight excluding hydrogens is 209 g/mol. The number of oxime groups is 1. The second-order valence-electron chi connectivity index (χ2n) is 3.13. The van der Waals surface area contributed by atoms with Crippen molar-refractivity contribution >= 4 is 6.21 Å². The molecule has 3 nitrogen and oxygen atoms in total. The van der Waals surface area contributed by atoms with Crippen LogP contribution in [-0.2, 0) is 4.84 Å². The van der Waals surface area contributed by atoms with E-state index in [9.17, 15) is 9.50 Å². The van der Waals surface area contributed by atoms with Crippen molar-refractivity contribution in [3.05, 3.63) is 29.1 Å². The first-order chi connectivity index (χ1) is 7.66. The molecule has 1 aromatic rings. The van der Waals surface area contributed by atoms with Crippen LogP contribution in [0.5, 0.6) is 5.75 Å². The largest absolute Gasteiger partial charge is 0.507 e. The smallest absolute Gasteiger partial charge is 0.128 e. The van der Waals surface area contributed by atoms with Gasteiger partial charge in [0, 0.05) is 12.0 Å².